The van der Waals surface area contributed by atoms with Crippen molar-refractivity contribution in [2.45, 2.75) is 12.1 Å². The Balaban J connectivity index is 2.03. The number of nitrogens with zero attached hydrogens (tertiary/aromatic N) is 2. The molecule has 2 N–H and O–H groups in total. The largest absolute Gasteiger partial charge is 0.368 e. The summed E-state index contributed by atoms with van der Waals surface area (Å²) in [6, 6.07) is 6.30. The summed E-state index contributed by atoms with van der Waals surface area (Å²) in [6.07, 6.45) is -0.930. The van der Waals surface area contributed by atoms with Crippen LogP contribution >= 0.6 is 11.6 Å². The number of rotatable bonds is 3. The number of imide groups is 1. The molecule has 1 aromatic carbocycles. The number of carbonyl (C=O) groups is 3. The Morgan fingerprint density at radius 2 is 2.09 bits per heavy atom. The summed E-state index contributed by atoms with van der Waals surface area (Å²) in [4.78, 5) is 42.3. The van der Waals surface area contributed by atoms with E-state index in [0.717, 1.165) is 4.90 Å². The Morgan fingerprint density at radius 3 is 2.73 bits per heavy atom. The molecule has 8 heteroatoms. The van der Waals surface area contributed by atoms with Crippen molar-refractivity contribution in [3.05, 3.63) is 34.9 Å². The first-order chi connectivity index (χ1) is 10.4. The molecule has 0 aromatic heterocycles. The number of carbonyl (C=O) groups excluding carboxylic acids is 3. The van der Waals surface area contributed by atoms with Gasteiger partial charge in [0, 0.05) is 12.1 Å². The summed E-state index contributed by atoms with van der Waals surface area (Å²) in [5.74, 6) is -2.09. The fourth-order valence-electron chi connectivity index (χ4n) is 2.96. The number of likely N-dealkylation sites (tertiary alicyclic amines) is 1. The van der Waals surface area contributed by atoms with Gasteiger partial charge in [0.1, 0.15) is 6.54 Å². The highest BCUT2D eigenvalue weighted by molar-refractivity contribution is 6.30. The lowest BCUT2D eigenvalue weighted by atomic mass is 9.91. The highest BCUT2D eigenvalue weighted by Gasteiger charge is 2.58. The highest BCUT2D eigenvalue weighted by atomic mass is 35.5. The minimum atomic E-state index is -0.930. The van der Waals surface area contributed by atoms with Crippen LogP contribution < -0.4 is 5.73 Å². The third-order valence-electron chi connectivity index (χ3n) is 3.92. The van der Waals surface area contributed by atoms with E-state index >= 15 is 0 Å². The van der Waals surface area contributed by atoms with Crippen LogP contribution in [0.1, 0.15) is 11.6 Å². The Hall–Kier alpha value is -1.96. The van der Waals surface area contributed by atoms with Gasteiger partial charge in [-0.05, 0) is 17.7 Å². The summed E-state index contributed by atoms with van der Waals surface area (Å²) in [6.45, 7) is -0.214. The molecule has 0 spiro atoms. The van der Waals surface area contributed by atoms with E-state index in [-0.39, 0.29) is 12.5 Å². The van der Waals surface area contributed by atoms with E-state index in [1.54, 1.807) is 24.3 Å². The first kappa shape index (κ1) is 15.0. The van der Waals surface area contributed by atoms with Crippen LogP contribution in [0.15, 0.2) is 24.3 Å². The number of hydrogen-bond acceptors (Lipinski definition) is 5. The standard InChI is InChI=1S/C14H14ClN3O4/c1-17-13(20)10-11(7-3-2-4-8(15)5-7)18(6-9(16)19)22-12(10)14(17)21/h2-5,10-12H,6H2,1H3,(H2,16,19). The van der Waals surface area contributed by atoms with Crippen LogP contribution in [0.25, 0.3) is 0 Å². The Bertz CT molecular complexity index is 665. The molecule has 3 unspecified atom stereocenters. The van der Waals surface area contributed by atoms with Crippen molar-refractivity contribution < 1.29 is 19.2 Å². The van der Waals surface area contributed by atoms with Crippen molar-refractivity contribution in [1.29, 1.82) is 0 Å². The maximum absolute atomic E-state index is 12.3. The van der Waals surface area contributed by atoms with Crippen LogP contribution in [0, 0.1) is 5.92 Å². The molecule has 22 heavy (non-hydrogen) atoms. The zero-order valence-corrected chi connectivity index (χ0v) is 12.5. The third kappa shape index (κ3) is 2.27. The minimum absolute atomic E-state index is 0.214. The van der Waals surface area contributed by atoms with E-state index < -0.39 is 29.9 Å². The molecule has 3 amide bonds. The van der Waals surface area contributed by atoms with E-state index in [0.29, 0.717) is 10.6 Å². The molecule has 2 heterocycles. The van der Waals surface area contributed by atoms with Gasteiger partial charge in [0.05, 0.1) is 12.0 Å². The predicted octanol–water partition coefficient (Wildman–Crippen LogP) is 0.0970. The van der Waals surface area contributed by atoms with Crippen LogP contribution in [-0.2, 0) is 19.2 Å². The number of benzene rings is 1. The van der Waals surface area contributed by atoms with Crippen LogP contribution in [0.2, 0.25) is 5.02 Å². The first-order valence-corrected chi connectivity index (χ1v) is 7.06. The maximum atomic E-state index is 12.3. The van der Waals surface area contributed by atoms with Gasteiger partial charge in [-0.1, -0.05) is 23.7 Å². The second-order valence-electron chi connectivity index (χ2n) is 5.33. The summed E-state index contributed by atoms with van der Waals surface area (Å²) < 4.78 is 0. The zero-order valence-electron chi connectivity index (χ0n) is 11.7. The molecule has 7 nitrogen and oxygen atoms in total. The lowest BCUT2D eigenvalue weighted by Crippen LogP contribution is -2.38. The number of primary amides is 1. The molecule has 0 saturated carbocycles. The average molecular weight is 324 g/mol. The van der Waals surface area contributed by atoms with E-state index in [2.05, 4.69) is 0 Å². The summed E-state index contributed by atoms with van der Waals surface area (Å²) in [7, 11) is 1.42. The lowest BCUT2D eigenvalue weighted by molar-refractivity contribution is -0.181. The number of hydrogen-bond donors (Lipinski definition) is 1. The maximum Gasteiger partial charge on any atom is 0.261 e. The molecule has 3 rings (SSSR count). The number of hydroxylamine groups is 2. The summed E-state index contributed by atoms with van der Waals surface area (Å²) in [5, 5.41) is 1.79. The van der Waals surface area contributed by atoms with E-state index in [9.17, 15) is 14.4 Å². The van der Waals surface area contributed by atoms with Crippen molar-refractivity contribution in [3.8, 4) is 0 Å². The molecule has 2 aliphatic rings. The Kier molecular flexibility index (Phi) is 3.64. The number of likely N-dealkylation sites (N-methyl/N-ethyl adjacent to an activating group) is 1. The van der Waals surface area contributed by atoms with Crippen LogP contribution in [0.5, 0.6) is 0 Å². The number of nitrogens with two attached hydrogens (primary N) is 1. The van der Waals surface area contributed by atoms with Crippen LogP contribution in [-0.4, -0.2) is 47.4 Å². The van der Waals surface area contributed by atoms with E-state index in [1.165, 1.54) is 12.1 Å². The Morgan fingerprint density at radius 1 is 1.36 bits per heavy atom. The normalized spacial score (nSPS) is 28.3. The highest BCUT2D eigenvalue weighted by Crippen LogP contribution is 2.44. The molecule has 3 atom stereocenters. The molecule has 1 aromatic rings. The average Bonchev–Trinajstić information content (AvgIpc) is 2.91. The van der Waals surface area contributed by atoms with Gasteiger partial charge in [-0.3, -0.25) is 24.1 Å². The van der Waals surface area contributed by atoms with Gasteiger partial charge >= 0.3 is 0 Å². The van der Waals surface area contributed by atoms with E-state index in [1.807, 2.05) is 0 Å². The van der Waals surface area contributed by atoms with Gasteiger partial charge in [0.15, 0.2) is 6.10 Å². The molecule has 116 valence electrons. The van der Waals surface area contributed by atoms with Gasteiger partial charge in [0.2, 0.25) is 11.8 Å². The number of amides is 3. The van der Waals surface area contributed by atoms with Gasteiger partial charge in [-0.25, -0.2) is 0 Å². The van der Waals surface area contributed by atoms with Crippen LogP contribution in [0.4, 0.5) is 0 Å². The quantitative estimate of drug-likeness (QED) is 0.796. The van der Waals surface area contributed by atoms with Crippen molar-refractivity contribution in [2.24, 2.45) is 11.7 Å². The fraction of sp³-hybridized carbons (Fsp3) is 0.357. The monoisotopic (exact) mass is 323 g/mol. The van der Waals surface area contributed by atoms with Crippen molar-refractivity contribution in [3.63, 3.8) is 0 Å². The minimum Gasteiger partial charge on any atom is -0.368 e. The molecule has 2 saturated heterocycles. The topological polar surface area (TPSA) is 92.9 Å². The third-order valence-corrected chi connectivity index (χ3v) is 4.15. The molecular weight excluding hydrogens is 310 g/mol. The molecular formula is C14H14ClN3O4. The molecule has 2 aliphatic heterocycles. The molecule has 0 bridgehead atoms. The molecule has 0 aliphatic carbocycles. The van der Waals surface area contributed by atoms with Crippen LogP contribution in [0.3, 0.4) is 0 Å². The predicted molar refractivity (Wildman–Crippen MR) is 76.2 cm³/mol. The van der Waals surface area contributed by atoms with Gasteiger partial charge in [-0.15, -0.1) is 0 Å². The smallest absolute Gasteiger partial charge is 0.261 e. The zero-order chi connectivity index (χ0) is 16.0. The van der Waals surface area contributed by atoms with Crippen molar-refractivity contribution in [1.82, 2.24) is 9.96 Å². The van der Waals surface area contributed by atoms with Gasteiger partial charge in [0.25, 0.3) is 5.91 Å². The Labute approximate surface area is 131 Å². The summed E-state index contributed by atoms with van der Waals surface area (Å²) in [5.41, 5.74) is 5.91. The molecule has 0 radical (unpaired) electrons. The second-order valence-corrected chi connectivity index (χ2v) is 5.77. The van der Waals surface area contributed by atoms with Gasteiger partial charge < -0.3 is 5.73 Å². The second kappa shape index (κ2) is 5.35. The lowest BCUT2D eigenvalue weighted by Gasteiger charge is -2.25. The van der Waals surface area contributed by atoms with Gasteiger partial charge in [-0.2, -0.15) is 5.06 Å². The summed E-state index contributed by atoms with van der Waals surface area (Å²) >= 11 is 6.00. The fourth-order valence-corrected chi connectivity index (χ4v) is 3.16. The van der Waals surface area contributed by atoms with E-state index in [4.69, 9.17) is 22.2 Å². The molecule has 2 fully saturated rings. The SMILES string of the molecule is CN1C(=O)C2ON(CC(N)=O)C(c3cccc(Cl)c3)C2C1=O. The number of fused-ring (bicyclic) bond motifs is 1. The van der Waals surface area contributed by atoms with Crippen molar-refractivity contribution in [2.75, 3.05) is 13.6 Å². The number of halogens is 1. The first-order valence-electron chi connectivity index (χ1n) is 6.68. The van der Waals surface area contributed by atoms with Crippen molar-refractivity contribution >= 4 is 29.3 Å².